The maximum atomic E-state index is 12.5. The third kappa shape index (κ3) is 7.01. The van der Waals surface area contributed by atoms with Crippen LogP contribution in [0.2, 0.25) is 0 Å². The quantitative estimate of drug-likeness (QED) is 0.609. The van der Waals surface area contributed by atoms with E-state index in [0.717, 1.165) is 5.56 Å². The molecule has 0 aromatic heterocycles. The zero-order valence-electron chi connectivity index (χ0n) is 15.7. The average Bonchev–Trinajstić information content (AvgIpc) is 2.68. The number of esters is 1. The second-order valence-corrected chi connectivity index (χ2v) is 6.34. The smallest absolute Gasteiger partial charge is 0.344 e. The molecule has 2 rings (SSSR count). The maximum absolute atomic E-state index is 12.5. The fourth-order valence-electron chi connectivity index (χ4n) is 2.89. The van der Waals surface area contributed by atoms with E-state index in [2.05, 4.69) is 5.32 Å². The van der Waals surface area contributed by atoms with Gasteiger partial charge in [0, 0.05) is 26.3 Å². The number of amides is 1. The van der Waals surface area contributed by atoms with Gasteiger partial charge in [-0.3, -0.25) is 4.79 Å². The summed E-state index contributed by atoms with van der Waals surface area (Å²) in [6.45, 7) is 4.04. The van der Waals surface area contributed by atoms with Crippen LogP contribution >= 0.6 is 12.4 Å². The number of hydrogen-bond donors (Lipinski definition) is 2. The summed E-state index contributed by atoms with van der Waals surface area (Å²) in [5, 5.41) is 2.99. The molecule has 8 heteroatoms. The van der Waals surface area contributed by atoms with Gasteiger partial charge in [0.1, 0.15) is 5.75 Å². The van der Waals surface area contributed by atoms with Crippen molar-refractivity contribution in [2.75, 3.05) is 39.5 Å². The van der Waals surface area contributed by atoms with E-state index < -0.39 is 5.41 Å². The van der Waals surface area contributed by atoms with Gasteiger partial charge in [0.05, 0.1) is 12.0 Å². The Bertz CT molecular complexity index is 588. The van der Waals surface area contributed by atoms with E-state index >= 15 is 0 Å². The molecule has 0 atom stereocenters. The van der Waals surface area contributed by atoms with Gasteiger partial charge in [-0.05, 0) is 43.9 Å². The van der Waals surface area contributed by atoms with Crippen molar-refractivity contribution in [3.63, 3.8) is 0 Å². The van der Waals surface area contributed by atoms with Crippen molar-refractivity contribution in [2.24, 2.45) is 11.1 Å². The molecule has 0 bridgehead atoms. The van der Waals surface area contributed by atoms with E-state index in [1.54, 1.807) is 19.1 Å². The van der Waals surface area contributed by atoms with Gasteiger partial charge in [-0.1, -0.05) is 12.1 Å². The summed E-state index contributed by atoms with van der Waals surface area (Å²) < 4.78 is 15.5. The van der Waals surface area contributed by atoms with E-state index in [0.29, 0.717) is 57.9 Å². The van der Waals surface area contributed by atoms with E-state index in [9.17, 15) is 9.59 Å². The molecule has 0 unspecified atom stereocenters. The first-order valence-corrected chi connectivity index (χ1v) is 9.03. The van der Waals surface area contributed by atoms with Gasteiger partial charge < -0.3 is 25.3 Å². The summed E-state index contributed by atoms with van der Waals surface area (Å²) in [5.74, 6) is 0.231. The lowest BCUT2D eigenvalue weighted by Gasteiger charge is -2.34. The lowest BCUT2D eigenvalue weighted by atomic mass is 9.79. The normalized spacial score (nSPS) is 15.3. The van der Waals surface area contributed by atoms with Crippen molar-refractivity contribution < 1.29 is 23.8 Å². The van der Waals surface area contributed by atoms with E-state index in [1.807, 2.05) is 12.1 Å². The van der Waals surface area contributed by atoms with E-state index in [4.69, 9.17) is 19.9 Å². The van der Waals surface area contributed by atoms with Gasteiger partial charge in [-0.25, -0.2) is 4.79 Å². The minimum Gasteiger partial charge on any atom is -0.482 e. The number of ether oxygens (including phenoxy) is 3. The average molecular weight is 401 g/mol. The maximum Gasteiger partial charge on any atom is 0.344 e. The number of rotatable bonds is 9. The fourth-order valence-corrected chi connectivity index (χ4v) is 2.89. The lowest BCUT2D eigenvalue weighted by Crippen LogP contribution is -2.49. The minimum atomic E-state index is -0.497. The molecule has 1 aromatic carbocycles. The topological polar surface area (TPSA) is 99.9 Å². The van der Waals surface area contributed by atoms with Crippen LogP contribution in [-0.4, -0.2) is 51.4 Å². The van der Waals surface area contributed by atoms with Crippen molar-refractivity contribution in [2.45, 2.75) is 26.2 Å². The van der Waals surface area contributed by atoms with Crippen LogP contribution in [0.1, 0.15) is 25.3 Å². The zero-order valence-corrected chi connectivity index (χ0v) is 16.5. The van der Waals surface area contributed by atoms with Crippen LogP contribution in [0.15, 0.2) is 24.3 Å². The molecule has 1 fully saturated rings. The highest BCUT2D eigenvalue weighted by atomic mass is 35.5. The molecule has 1 aliphatic rings. The van der Waals surface area contributed by atoms with E-state index in [1.165, 1.54) is 0 Å². The number of halogens is 1. The Hall–Kier alpha value is -1.83. The van der Waals surface area contributed by atoms with Gasteiger partial charge in [0.15, 0.2) is 6.61 Å². The molecule has 1 amide bonds. The Labute approximate surface area is 166 Å². The highest BCUT2D eigenvalue weighted by Gasteiger charge is 2.38. The number of benzene rings is 1. The molecule has 0 spiro atoms. The summed E-state index contributed by atoms with van der Waals surface area (Å²) in [5.41, 5.74) is 6.42. The number of nitrogens with one attached hydrogen (secondary N) is 1. The molecule has 27 heavy (non-hydrogen) atoms. The second kappa shape index (κ2) is 11.8. The largest absolute Gasteiger partial charge is 0.482 e. The molecule has 1 heterocycles. The molecular weight excluding hydrogens is 372 g/mol. The SMILES string of the molecule is CCOC(=O)COc1ccc(CCNC(=O)C2(CN)CCOCC2)cc1.Cl. The molecule has 0 saturated carbocycles. The van der Waals surface area contributed by atoms with Crippen molar-refractivity contribution >= 4 is 24.3 Å². The molecule has 1 aliphatic heterocycles. The Kier molecular flexibility index (Phi) is 10.1. The summed E-state index contributed by atoms with van der Waals surface area (Å²) in [6, 6.07) is 7.44. The molecular formula is C19H29ClN2O5. The zero-order chi connectivity index (χ0) is 18.8. The van der Waals surface area contributed by atoms with Crippen LogP contribution in [0.4, 0.5) is 0 Å². The Morgan fingerprint density at radius 1 is 1.22 bits per heavy atom. The molecule has 1 aromatic rings. The second-order valence-electron chi connectivity index (χ2n) is 6.34. The van der Waals surface area contributed by atoms with Crippen LogP contribution in [0.5, 0.6) is 5.75 Å². The third-order valence-corrected chi connectivity index (χ3v) is 4.61. The first kappa shape index (κ1) is 23.2. The van der Waals surface area contributed by atoms with Crippen molar-refractivity contribution in [3.8, 4) is 5.75 Å². The van der Waals surface area contributed by atoms with Gasteiger partial charge in [0.2, 0.25) is 5.91 Å². The molecule has 152 valence electrons. The van der Waals surface area contributed by atoms with Gasteiger partial charge in [-0.15, -0.1) is 12.4 Å². The first-order chi connectivity index (χ1) is 12.6. The minimum absolute atomic E-state index is 0. The Morgan fingerprint density at radius 2 is 1.89 bits per heavy atom. The van der Waals surface area contributed by atoms with Crippen molar-refractivity contribution in [1.82, 2.24) is 5.32 Å². The standard InChI is InChI=1S/C19H28N2O5.ClH/c1-2-25-17(22)13-26-16-5-3-15(4-6-16)7-10-21-18(23)19(14-20)8-11-24-12-9-19;/h3-6H,2,7-14,20H2,1H3,(H,21,23);1H. The summed E-state index contributed by atoms with van der Waals surface area (Å²) in [6.07, 6.45) is 2.05. The highest BCUT2D eigenvalue weighted by molar-refractivity contribution is 5.85. The first-order valence-electron chi connectivity index (χ1n) is 9.03. The number of nitrogens with two attached hydrogens (primary N) is 1. The van der Waals surface area contributed by atoms with Crippen molar-refractivity contribution in [1.29, 1.82) is 0 Å². The third-order valence-electron chi connectivity index (χ3n) is 4.61. The molecule has 1 saturated heterocycles. The molecule has 0 radical (unpaired) electrons. The summed E-state index contributed by atoms with van der Waals surface area (Å²) in [7, 11) is 0. The van der Waals surface area contributed by atoms with Gasteiger partial charge in [-0.2, -0.15) is 0 Å². The van der Waals surface area contributed by atoms with Gasteiger partial charge >= 0.3 is 5.97 Å². The number of hydrogen-bond acceptors (Lipinski definition) is 6. The predicted octanol–water partition coefficient (Wildman–Crippen LogP) is 1.46. The number of carbonyl (C=O) groups excluding carboxylic acids is 2. The molecule has 7 nitrogen and oxygen atoms in total. The van der Waals surface area contributed by atoms with Crippen molar-refractivity contribution in [3.05, 3.63) is 29.8 Å². The fraction of sp³-hybridized carbons (Fsp3) is 0.579. The van der Waals surface area contributed by atoms with Crippen LogP contribution in [0.3, 0.4) is 0 Å². The summed E-state index contributed by atoms with van der Waals surface area (Å²) >= 11 is 0. The van der Waals surface area contributed by atoms with Crippen LogP contribution < -0.4 is 15.8 Å². The van der Waals surface area contributed by atoms with Gasteiger partial charge in [0.25, 0.3) is 0 Å². The van der Waals surface area contributed by atoms with Crippen LogP contribution in [0.25, 0.3) is 0 Å². The van der Waals surface area contributed by atoms with Crippen LogP contribution in [0, 0.1) is 5.41 Å². The predicted molar refractivity (Wildman–Crippen MR) is 104 cm³/mol. The number of carbonyl (C=O) groups is 2. The molecule has 0 aliphatic carbocycles. The Balaban J connectivity index is 0.00000364. The Morgan fingerprint density at radius 3 is 2.48 bits per heavy atom. The summed E-state index contributed by atoms with van der Waals surface area (Å²) in [4.78, 5) is 23.8. The monoisotopic (exact) mass is 400 g/mol. The highest BCUT2D eigenvalue weighted by Crippen LogP contribution is 2.29. The van der Waals surface area contributed by atoms with E-state index in [-0.39, 0.29) is 30.9 Å². The van der Waals surface area contributed by atoms with Crippen LogP contribution in [-0.2, 0) is 25.5 Å². The lowest BCUT2D eigenvalue weighted by molar-refractivity contribution is -0.145. The molecule has 3 N–H and O–H groups in total.